The van der Waals surface area contributed by atoms with Crippen molar-refractivity contribution in [2.24, 2.45) is 11.7 Å². The van der Waals surface area contributed by atoms with Crippen LogP contribution in [0.25, 0.3) is 0 Å². The van der Waals surface area contributed by atoms with Crippen LogP contribution in [0.3, 0.4) is 0 Å². The van der Waals surface area contributed by atoms with E-state index < -0.39 is 0 Å². The first-order valence-corrected chi connectivity index (χ1v) is 9.92. The number of carbonyl (C=O) groups is 2. The van der Waals surface area contributed by atoms with E-state index in [1.54, 1.807) is 24.3 Å². The fourth-order valence-electron chi connectivity index (χ4n) is 3.73. The lowest BCUT2D eigenvalue weighted by Gasteiger charge is -2.38. The summed E-state index contributed by atoms with van der Waals surface area (Å²) in [6.45, 7) is 9.04. The van der Waals surface area contributed by atoms with Gasteiger partial charge in [0.1, 0.15) is 0 Å². The fraction of sp³-hybridized carbons (Fsp3) is 0.619. The van der Waals surface area contributed by atoms with Gasteiger partial charge in [-0.05, 0) is 49.8 Å². The number of nitrogens with zero attached hydrogens (tertiary/aromatic N) is 2. The molecular weight excluding hydrogens is 362 g/mol. The minimum Gasteiger partial charge on any atom is -0.339 e. The van der Waals surface area contributed by atoms with Gasteiger partial charge < -0.3 is 15.5 Å². The Hall–Kier alpha value is -1.59. The summed E-state index contributed by atoms with van der Waals surface area (Å²) in [6.07, 6.45) is 3.80. The number of nitrogens with two attached hydrogens (primary N) is 1. The number of piperidine rings is 1. The van der Waals surface area contributed by atoms with Crippen LogP contribution in [0, 0.1) is 5.92 Å². The largest absolute Gasteiger partial charge is 0.339 e. The summed E-state index contributed by atoms with van der Waals surface area (Å²) in [5.41, 5.74) is 7.07. The average molecular weight is 396 g/mol. The van der Waals surface area contributed by atoms with Crippen LogP contribution in [0.15, 0.2) is 24.3 Å². The number of amides is 2. The van der Waals surface area contributed by atoms with Gasteiger partial charge in [-0.3, -0.25) is 9.59 Å². The van der Waals surface area contributed by atoms with Gasteiger partial charge in [0.25, 0.3) is 11.8 Å². The van der Waals surface area contributed by atoms with E-state index in [4.69, 9.17) is 5.73 Å². The van der Waals surface area contributed by atoms with Gasteiger partial charge in [-0.2, -0.15) is 0 Å². The third kappa shape index (κ3) is 5.94. The second-order valence-electron chi connectivity index (χ2n) is 7.39. The summed E-state index contributed by atoms with van der Waals surface area (Å²) in [7, 11) is 0. The lowest BCUT2D eigenvalue weighted by Crippen LogP contribution is -2.49. The molecule has 1 fully saturated rings. The van der Waals surface area contributed by atoms with Crippen LogP contribution in [0.2, 0.25) is 0 Å². The molecule has 0 aromatic heterocycles. The molecule has 0 aliphatic carbocycles. The quantitative estimate of drug-likeness (QED) is 0.767. The zero-order valence-corrected chi connectivity index (χ0v) is 17.6. The predicted molar refractivity (Wildman–Crippen MR) is 112 cm³/mol. The highest BCUT2D eigenvalue weighted by atomic mass is 35.5. The Kier molecular flexibility index (Phi) is 9.81. The van der Waals surface area contributed by atoms with E-state index in [-0.39, 0.29) is 30.3 Å². The summed E-state index contributed by atoms with van der Waals surface area (Å²) in [5.74, 6) is 0.586. The molecule has 27 heavy (non-hydrogen) atoms. The molecule has 0 bridgehead atoms. The molecule has 1 aromatic carbocycles. The van der Waals surface area contributed by atoms with Crippen LogP contribution in [0.5, 0.6) is 0 Å². The van der Waals surface area contributed by atoms with Crippen LogP contribution in [-0.2, 0) is 0 Å². The summed E-state index contributed by atoms with van der Waals surface area (Å²) in [5, 5.41) is 0. The minimum atomic E-state index is -0.0143. The molecule has 0 radical (unpaired) electrons. The van der Waals surface area contributed by atoms with Crippen LogP contribution in [0.1, 0.15) is 67.2 Å². The molecule has 152 valence electrons. The Morgan fingerprint density at radius 3 is 2.41 bits per heavy atom. The zero-order chi connectivity index (χ0) is 19.1. The molecule has 0 spiro atoms. The Morgan fingerprint density at radius 1 is 1.19 bits per heavy atom. The van der Waals surface area contributed by atoms with Gasteiger partial charge in [0.2, 0.25) is 0 Å². The number of halogens is 1. The molecule has 2 amide bonds. The molecule has 1 saturated heterocycles. The normalized spacial score (nSPS) is 19.3. The second-order valence-corrected chi connectivity index (χ2v) is 7.39. The lowest BCUT2D eigenvalue weighted by molar-refractivity contribution is 0.0573. The van der Waals surface area contributed by atoms with Gasteiger partial charge in [-0.1, -0.05) is 26.8 Å². The van der Waals surface area contributed by atoms with Gasteiger partial charge in [0, 0.05) is 43.3 Å². The highest BCUT2D eigenvalue weighted by molar-refractivity contribution is 5.99. The van der Waals surface area contributed by atoms with Crippen LogP contribution in [-0.4, -0.2) is 53.8 Å². The standard InChI is InChI=1S/C21H33N3O2.ClH/c1-4-10-23(11-5-2)20(25)17-7-6-8-18(14-17)21(26)24-12-9-16(3)13-19(24)15-22;/h6-8,14,16,19H,4-5,9-13,15,22H2,1-3H3;1H. The van der Waals surface area contributed by atoms with E-state index in [1.807, 2.05) is 9.80 Å². The second kappa shape index (κ2) is 11.3. The van der Waals surface area contributed by atoms with Crippen molar-refractivity contribution in [2.75, 3.05) is 26.2 Å². The molecule has 1 aliphatic heterocycles. The van der Waals surface area contributed by atoms with Gasteiger partial charge in [-0.25, -0.2) is 0 Å². The maximum absolute atomic E-state index is 13.0. The van der Waals surface area contributed by atoms with Gasteiger partial charge in [0.05, 0.1) is 0 Å². The summed E-state index contributed by atoms with van der Waals surface area (Å²) in [6, 6.07) is 7.24. The predicted octanol–water partition coefficient (Wildman–Crippen LogP) is 3.57. The molecule has 1 heterocycles. The summed E-state index contributed by atoms with van der Waals surface area (Å²) >= 11 is 0. The zero-order valence-electron chi connectivity index (χ0n) is 16.8. The molecule has 6 heteroatoms. The van der Waals surface area contributed by atoms with Crippen molar-refractivity contribution in [3.05, 3.63) is 35.4 Å². The third-order valence-electron chi connectivity index (χ3n) is 5.14. The number of hydrogen-bond donors (Lipinski definition) is 1. The molecule has 1 aromatic rings. The smallest absolute Gasteiger partial charge is 0.254 e. The first-order valence-electron chi connectivity index (χ1n) is 9.92. The van der Waals surface area contributed by atoms with E-state index in [0.29, 0.717) is 23.6 Å². The minimum absolute atomic E-state index is 0. The number of likely N-dealkylation sites (tertiary alicyclic amines) is 1. The third-order valence-corrected chi connectivity index (χ3v) is 5.14. The molecule has 2 atom stereocenters. The van der Waals surface area contributed by atoms with Crippen molar-refractivity contribution in [1.82, 2.24) is 9.80 Å². The van der Waals surface area contributed by atoms with Crippen molar-refractivity contribution >= 4 is 24.2 Å². The average Bonchev–Trinajstić information content (AvgIpc) is 2.66. The van der Waals surface area contributed by atoms with E-state index in [0.717, 1.165) is 45.3 Å². The van der Waals surface area contributed by atoms with Gasteiger partial charge >= 0.3 is 0 Å². The van der Waals surface area contributed by atoms with Crippen LogP contribution >= 0.6 is 12.4 Å². The van der Waals surface area contributed by atoms with Crippen molar-refractivity contribution in [1.29, 1.82) is 0 Å². The van der Waals surface area contributed by atoms with Crippen molar-refractivity contribution in [3.63, 3.8) is 0 Å². The van der Waals surface area contributed by atoms with Crippen molar-refractivity contribution in [3.8, 4) is 0 Å². The number of benzene rings is 1. The number of rotatable bonds is 7. The van der Waals surface area contributed by atoms with E-state index in [9.17, 15) is 9.59 Å². The molecular formula is C21H34ClN3O2. The van der Waals surface area contributed by atoms with E-state index >= 15 is 0 Å². The summed E-state index contributed by atoms with van der Waals surface area (Å²) < 4.78 is 0. The highest BCUT2D eigenvalue weighted by Crippen LogP contribution is 2.24. The van der Waals surface area contributed by atoms with Crippen molar-refractivity contribution < 1.29 is 9.59 Å². The van der Waals surface area contributed by atoms with Gasteiger partial charge in [-0.15, -0.1) is 12.4 Å². The maximum atomic E-state index is 13.0. The monoisotopic (exact) mass is 395 g/mol. The summed E-state index contributed by atoms with van der Waals surface area (Å²) in [4.78, 5) is 29.6. The van der Waals surface area contributed by atoms with E-state index in [1.165, 1.54) is 0 Å². The Bertz CT molecular complexity index is 617. The molecule has 1 aliphatic rings. The molecule has 2 rings (SSSR count). The van der Waals surface area contributed by atoms with E-state index in [2.05, 4.69) is 20.8 Å². The topological polar surface area (TPSA) is 66.6 Å². The first-order chi connectivity index (χ1) is 12.5. The van der Waals surface area contributed by atoms with Crippen LogP contribution < -0.4 is 5.73 Å². The van der Waals surface area contributed by atoms with Crippen LogP contribution in [0.4, 0.5) is 0 Å². The SMILES string of the molecule is CCCN(CCC)C(=O)c1cccc(C(=O)N2CCC(C)CC2CN)c1.Cl. The Balaban J connectivity index is 0.00000364. The highest BCUT2D eigenvalue weighted by Gasteiger charge is 2.29. The lowest BCUT2D eigenvalue weighted by atomic mass is 9.91. The molecule has 5 nitrogen and oxygen atoms in total. The van der Waals surface area contributed by atoms with Gasteiger partial charge in [0.15, 0.2) is 0 Å². The number of hydrogen-bond acceptors (Lipinski definition) is 3. The fourth-order valence-corrected chi connectivity index (χ4v) is 3.73. The number of carbonyl (C=O) groups excluding carboxylic acids is 2. The maximum Gasteiger partial charge on any atom is 0.254 e. The molecule has 2 unspecified atom stereocenters. The Labute approximate surface area is 169 Å². The molecule has 0 saturated carbocycles. The first kappa shape index (κ1) is 23.4. The van der Waals surface area contributed by atoms with Crippen molar-refractivity contribution in [2.45, 2.75) is 52.5 Å². The molecule has 2 N–H and O–H groups in total. The Morgan fingerprint density at radius 2 is 1.81 bits per heavy atom.